The van der Waals surface area contributed by atoms with Gasteiger partial charge in [0.05, 0.1) is 6.61 Å². The van der Waals surface area contributed by atoms with E-state index in [0.717, 1.165) is 37.1 Å². The summed E-state index contributed by atoms with van der Waals surface area (Å²) in [6, 6.07) is 5.27. The Morgan fingerprint density at radius 2 is 2.11 bits per heavy atom. The summed E-state index contributed by atoms with van der Waals surface area (Å²) in [7, 11) is 0. The van der Waals surface area contributed by atoms with Gasteiger partial charge < -0.3 is 10.1 Å². The quantitative estimate of drug-likeness (QED) is 0.715. The average molecular weight is 253 g/mol. The van der Waals surface area contributed by atoms with Crippen LogP contribution in [0.15, 0.2) is 18.2 Å². The zero-order valence-corrected chi connectivity index (χ0v) is 11.6. The van der Waals surface area contributed by atoms with Crippen molar-refractivity contribution in [3.63, 3.8) is 0 Å². The maximum Gasteiger partial charge on any atom is 0.123 e. The van der Waals surface area contributed by atoms with Crippen molar-refractivity contribution in [3.8, 4) is 5.75 Å². The van der Waals surface area contributed by atoms with E-state index in [1.54, 1.807) is 12.1 Å². The second-order valence-corrected chi connectivity index (χ2v) is 4.81. The third-order valence-corrected chi connectivity index (χ3v) is 2.67. The molecule has 1 rings (SSSR count). The van der Waals surface area contributed by atoms with Crippen molar-refractivity contribution >= 4 is 0 Å². The van der Waals surface area contributed by atoms with Crippen LogP contribution in [0.1, 0.15) is 39.2 Å². The van der Waals surface area contributed by atoms with Crippen molar-refractivity contribution < 1.29 is 9.13 Å². The Bertz CT molecular complexity index is 352. The Kier molecular flexibility index (Phi) is 6.73. The standard InChI is InChI=1S/C15H24FNO/c1-4-6-13-11-14(16)7-8-15(13)18-10-5-9-17-12(2)3/h7-8,11-12,17H,4-6,9-10H2,1-3H3. The predicted molar refractivity (Wildman–Crippen MR) is 73.6 cm³/mol. The molecule has 0 amide bonds. The van der Waals surface area contributed by atoms with Gasteiger partial charge in [0.1, 0.15) is 11.6 Å². The van der Waals surface area contributed by atoms with Gasteiger partial charge in [-0.25, -0.2) is 4.39 Å². The predicted octanol–water partition coefficient (Wildman–Crippen LogP) is 3.55. The molecular weight excluding hydrogens is 229 g/mol. The molecule has 0 atom stereocenters. The Morgan fingerprint density at radius 3 is 2.78 bits per heavy atom. The molecule has 0 fully saturated rings. The third kappa shape index (κ3) is 5.50. The van der Waals surface area contributed by atoms with Crippen molar-refractivity contribution in [1.29, 1.82) is 0 Å². The van der Waals surface area contributed by atoms with E-state index in [9.17, 15) is 4.39 Å². The molecule has 2 nitrogen and oxygen atoms in total. The SMILES string of the molecule is CCCc1cc(F)ccc1OCCCNC(C)C. The first-order chi connectivity index (χ1) is 8.63. The summed E-state index contributed by atoms with van der Waals surface area (Å²) >= 11 is 0. The first kappa shape index (κ1) is 15.0. The number of hydrogen-bond donors (Lipinski definition) is 1. The van der Waals surface area contributed by atoms with E-state index < -0.39 is 0 Å². The lowest BCUT2D eigenvalue weighted by Crippen LogP contribution is -2.24. The fourth-order valence-corrected chi connectivity index (χ4v) is 1.80. The molecule has 0 aromatic heterocycles. The highest BCUT2D eigenvalue weighted by Crippen LogP contribution is 2.21. The molecule has 3 heteroatoms. The number of ether oxygens (including phenoxy) is 1. The summed E-state index contributed by atoms with van der Waals surface area (Å²) < 4.78 is 18.9. The zero-order valence-electron chi connectivity index (χ0n) is 11.6. The molecule has 18 heavy (non-hydrogen) atoms. The Labute approximate surface area is 110 Å². The molecule has 1 N–H and O–H groups in total. The monoisotopic (exact) mass is 253 g/mol. The molecule has 0 unspecified atom stereocenters. The highest BCUT2D eigenvalue weighted by atomic mass is 19.1. The van der Waals surface area contributed by atoms with Gasteiger partial charge in [-0.2, -0.15) is 0 Å². The normalized spacial score (nSPS) is 10.9. The van der Waals surface area contributed by atoms with Crippen LogP contribution in [0.4, 0.5) is 4.39 Å². The summed E-state index contributed by atoms with van der Waals surface area (Å²) in [4.78, 5) is 0. The molecule has 0 spiro atoms. The summed E-state index contributed by atoms with van der Waals surface area (Å²) in [6.07, 6.45) is 2.81. The molecule has 0 radical (unpaired) electrons. The Hall–Kier alpha value is -1.09. The van der Waals surface area contributed by atoms with Gasteiger partial charge in [-0.15, -0.1) is 0 Å². The van der Waals surface area contributed by atoms with E-state index in [1.165, 1.54) is 6.07 Å². The molecule has 1 aromatic rings. The third-order valence-electron chi connectivity index (χ3n) is 2.67. The molecular formula is C15H24FNO. The lowest BCUT2D eigenvalue weighted by Gasteiger charge is -2.12. The number of benzene rings is 1. The van der Waals surface area contributed by atoms with Crippen molar-refractivity contribution in [3.05, 3.63) is 29.6 Å². The second kappa shape index (κ2) is 8.09. The van der Waals surface area contributed by atoms with Gasteiger partial charge in [0.15, 0.2) is 0 Å². The molecule has 0 aliphatic carbocycles. The highest BCUT2D eigenvalue weighted by Gasteiger charge is 2.04. The number of hydrogen-bond acceptors (Lipinski definition) is 2. The van der Waals surface area contributed by atoms with E-state index in [1.807, 2.05) is 0 Å². The molecule has 0 aliphatic rings. The van der Waals surface area contributed by atoms with Crippen LogP contribution in [0.5, 0.6) is 5.75 Å². The highest BCUT2D eigenvalue weighted by molar-refractivity contribution is 5.34. The van der Waals surface area contributed by atoms with Crippen molar-refractivity contribution in [2.45, 2.75) is 46.1 Å². The number of rotatable bonds is 8. The number of halogens is 1. The van der Waals surface area contributed by atoms with E-state index in [2.05, 4.69) is 26.1 Å². The first-order valence-electron chi connectivity index (χ1n) is 6.78. The smallest absolute Gasteiger partial charge is 0.123 e. The van der Waals surface area contributed by atoms with Crippen LogP contribution >= 0.6 is 0 Å². The fourth-order valence-electron chi connectivity index (χ4n) is 1.80. The summed E-state index contributed by atoms with van der Waals surface area (Å²) in [5, 5.41) is 3.34. The van der Waals surface area contributed by atoms with Crippen LogP contribution in [0, 0.1) is 5.82 Å². The Morgan fingerprint density at radius 1 is 1.33 bits per heavy atom. The molecule has 0 saturated carbocycles. The lowest BCUT2D eigenvalue weighted by molar-refractivity contribution is 0.302. The van der Waals surface area contributed by atoms with E-state index in [-0.39, 0.29) is 5.82 Å². The minimum atomic E-state index is -0.188. The minimum Gasteiger partial charge on any atom is -0.493 e. The van der Waals surface area contributed by atoms with Crippen LogP contribution in [0.2, 0.25) is 0 Å². The maximum atomic E-state index is 13.1. The van der Waals surface area contributed by atoms with Crippen molar-refractivity contribution in [2.24, 2.45) is 0 Å². The van der Waals surface area contributed by atoms with Crippen LogP contribution in [0.25, 0.3) is 0 Å². The molecule has 0 bridgehead atoms. The van der Waals surface area contributed by atoms with Crippen molar-refractivity contribution in [2.75, 3.05) is 13.2 Å². The molecule has 102 valence electrons. The van der Waals surface area contributed by atoms with Gasteiger partial charge in [0.25, 0.3) is 0 Å². The van der Waals surface area contributed by atoms with E-state index in [0.29, 0.717) is 12.6 Å². The average Bonchev–Trinajstić information content (AvgIpc) is 2.31. The van der Waals surface area contributed by atoms with Crippen LogP contribution in [0.3, 0.4) is 0 Å². The van der Waals surface area contributed by atoms with Gasteiger partial charge in [-0.3, -0.25) is 0 Å². The lowest BCUT2D eigenvalue weighted by atomic mass is 10.1. The maximum absolute atomic E-state index is 13.1. The molecule has 0 heterocycles. The van der Waals surface area contributed by atoms with Crippen LogP contribution in [-0.2, 0) is 6.42 Å². The second-order valence-electron chi connectivity index (χ2n) is 4.81. The number of nitrogens with one attached hydrogen (secondary N) is 1. The van der Waals surface area contributed by atoms with Gasteiger partial charge in [0, 0.05) is 6.04 Å². The fraction of sp³-hybridized carbons (Fsp3) is 0.600. The summed E-state index contributed by atoms with van der Waals surface area (Å²) in [6.45, 7) is 7.95. The van der Waals surface area contributed by atoms with Gasteiger partial charge in [-0.05, 0) is 43.1 Å². The van der Waals surface area contributed by atoms with Crippen LogP contribution in [-0.4, -0.2) is 19.2 Å². The first-order valence-corrected chi connectivity index (χ1v) is 6.78. The zero-order chi connectivity index (χ0) is 13.4. The topological polar surface area (TPSA) is 21.3 Å². The van der Waals surface area contributed by atoms with Crippen molar-refractivity contribution in [1.82, 2.24) is 5.32 Å². The minimum absolute atomic E-state index is 0.188. The largest absolute Gasteiger partial charge is 0.493 e. The van der Waals surface area contributed by atoms with Gasteiger partial charge in [-0.1, -0.05) is 27.2 Å². The van der Waals surface area contributed by atoms with Gasteiger partial charge >= 0.3 is 0 Å². The summed E-state index contributed by atoms with van der Waals surface area (Å²) in [5.74, 6) is 0.634. The van der Waals surface area contributed by atoms with Gasteiger partial charge in [0.2, 0.25) is 0 Å². The molecule has 1 aromatic carbocycles. The van der Waals surface area contributed by atoms with Crippen LogP contribution < -0.4 is 10.1 Å². The molecule has 0 saturated heterocycles. The summed E-state index contributed by atoms with van der Waals surface area (Å²) in [5.41, 5.74) is 0.967. The van der Waals surface area contributed by atoms with E-state index in [4.69, 9.17) is 4.74 Å². The van der Waals surface area contributed by atoms with E-state index >= 15 is 0 Å². The molecule has 0 aliphatic heterocycles. The number of aryl methyl sites for hydroxylation is 1. The Balaban J connectivity index is 2.41.